The lowest BCUT2D eigenvalue weighted by atomic mass is 9.98. The fourth-order valence-electron chi connectivity index (χ4n) is 2.10. The summed E-state index contributed by atoms with van der Waals surface area (Å²) in [7, 11) is 0. The molecule has 1 unspecified atom stereocenters. The van der Waals surface area contributed by atoms with Gasteiger partial charge in [0.1, 0.15) is 4.83 Å². The zero-order valence-corrected chi connectivity index (χ0v) is 13.5. The van der Waals surface area contributed by atoms with Crippen LogP contribution in [0.5, 0.6) is 0 Å². The maximum Gasteiger partial charge on any atom is 0.260 e. The average Bonchev–Trinajstić information content (AvgIpc) is 2.66. The number of thioether (sulfide) groups is 1. The van der Waals surface area contributed by atoms with Gasteiger partial charge in [0.25, 0.3) is 5.56 Å². The molecule has 2 aromatic heterocycles. The van der Waals surface area contributed by atoms with Gasteiger partial charge >= 0.3 is 0 Å². The van der Waals surface area contributed by atoms with Crippen LogP contribution in [0.25, 0.3) is 10.2 Å². The molecule has 0 fully saturated rings. The number of nitrogens with one attached hydrogen (secondary N) is 1. The molecule has 0 spiro atoms. The maximum absolute atomic E-state index is 12.3. The van der Waals surface area contributed by atoms with Gasteiger partial charge in [-0.3, -0.25) is 4.79 Å². The number of hydrogen-bond donors (Lipinski definition) is 1. The molecule has 1 N–H and O–H groups in total. The van der Waals surface area contributed by atoms with Crippen molar-refractivity contribution < 1.29 is 0 Å². The van der Waals surface area contributed by atoms with Gasteiger partial charge in [-0.15, -0.1) is 11.3 Å². The quantitative estimate of drug-likeness (QED) is 0.670. The van der Waals surface area contributed by atoms with Crippen molar-refractivity contribution in [1.82, 2.24) is 9.97 Å². The molecule has 0 aromatic carbocycles. The molecule has 19 heavy (non-hydrogen) atoms. The van der Waals surface area contributed by atoms with Crippen molar-refractivity contribution in [3.8, 4) is 0 Å². The highest BCUT2D eigenvalue weighted by Crippen LogP contribution is 2.30. The minimum Gasteiger partial charge on any atom is -0.301 e. The lowest BCUT2D eigenvalue weighted by Gasteiger charge is -2.08. The monoisotopic (exact) mass is 296 g/mol. The van der Waals surface area contributed by atoms with E-state index in [1.54, 1.807) is 23.1 Å². The number of aryl methyl sites for hydroxylation is 1. The molecule has 2 aromatic rings. The number of thiophene rings is 1. The van der Waals surface area contributed by atoms with Crippen LogP contribution in [0.3, 0.4) is 0 Å². The fraction of sp³-hybridized carbons (Fsp3) is 0.571. The third-order valence-corrected chi connectivity index (χ3v) is 5.17. The zero-order chi connectivity index (χ0) is 14.0. The molecular weight excluding hydrogens is 276 g/mol. The van der Waals surface area contributed by atoms with Crippen LogP contribution < -0.4 is 5.56 Å². The molecule has 0 aliphatic carbocycles. The van der Waals surface area contributed by atoms with Gasteiger partial charge in [-0.1, -0.05) is 39.0 Å². The highest BCUT2D eigenvalue weighted by molar-refractivity contribution is 7.99. The average molecular weight is 296 g/mol. The molecule has 0 amide bonds. The number of fused-ring (bicyclic) bond motifs is 1. The summed E-state index contributed by atoms with van der Waals surface area (Å²) in [5.74, 6) is 1.51. The number of hydrogen-bond acceptors (Lipinski definition) is 4. The van der Waals surface area contributed by atoms with Crippen molar-refractivity contribution >= 4 is 33.3 Å². The first kappa shape index (κ1) is 14.6. The third kappa shape index (κ3) is 3.03. The molecule has 1 atom stereocenters. The van der Waals surface area contributed by atoms with Gasteiger partial charge < -0.3 is 4.98 Å². The van der Waals surface area contributed by atoms with Crippen LogP contribution in [0.2, 0.25) is 0 Å². The van der Waals surface area contributed by atoms with E-state index in [0.717, 1.165) is 34.0 Å². The summed E-state index contributed by atoms with van der Waals surface area (Å²) in [6.45, 7) is 8.57. The summed E-state index contributed by atoms with van der Waals surface area (Å²) in [5.41, 5.74) is 1.21. The summed E-state index contributed by atoms with van der Waals surface area (Å²) in [5, 5.41) is 1.54. The Balaban J connectivity index is 2.54. The first-order valence-electron chi connectivity index (χ1n) is 6.71. The Morgan fingerprint density at radius 2 is 2.16 bits per heavy atom. The molecule has 0 aliphatic heterocycles. The SMILES string of the molecule is CCSc1nc2sc(C)c(CC(C)CC)c2c(=O)[nH]1. The largest absolute Gasteiger partial charge is 0.301 e. The summed E-state index contributed by atoms with van der Waals surface area (Å²) in [4.78, 5) is 21.9. The van der Waals surface area contributed by atoms with Crippen molar-refractivity contribution in [2.45, 2.75) is 45.7 Å². The van der Waals surface area contributed by atoms with E-state index in [0.29, 0.717) is 5.92 Å². The Hall–Kier alpha value is -0.810. The Morgan fingerprint density at radius 1 is 1.42 bits per heavy atom. The highest BCUT2D eigenvalue weighted by Gasteiger charge is 2.16. The molecular formula is C14H20N2OS2. The molecule has 0 saturated carbocycles. The van der Waals surface area contributed by atoms with Gasteiger partial charge in [0.05, 0.1) is 5.39 Å². The summed E-state index contributed by atoms with van der Waals surface area (Å²) < 4.78 is 0. The Labute approximate surface area is 121 Å². The minimum atomic E-state index is 0.0172. The van der Waals surface area contributed by atoms with Gasteiger partial charge in [0.2, 0.25) is 0 Å². The van der Waals surface area contributed by atoms with E-state index in [-0.39, 0.29) is 5.56 Å². The van der Waals surface area contributed by atoms with Crippen LogP contribution in [0.15, 0.2) is 9.95 Å². The molecule has 0 saturated heterocycles. The predicted octanol–water partition coefficient (Wildman–Crippen LogP) is 3.99. The van der Waals surface area contributed by atoms with Crippen LogP contribution in [0.1, 0.15) is 37.6 Å². The first-order chi connectivity index (χ1) is 9.06. The van der Waals surface area contributed by atoms with E-state index >= 15 is 0 Å². The maximum atomic E-state index is 12.3. The van der Waals surface area contributed by atoms with Gasteiger partial charge in [-0.25, -0.2) is 4.98 Å². The van der Waals surface area contributed by atoms with E-state index in [1.807, 2.05) is 0 Å². The fourth-order valence-corrected chi connectivity index (χ4v) is 3.80. The number of aromatic amines is 1. The van der Waals surface area contributed by atoms with E-state index < -0.39 is 0 Å². The zero-order valence-electron chi connectivity index (χ0n) is 11.9. The summed E-state index contributed by atoms with van der Waals surface area (Å²) in [6, 6.07) is 0. The van der Waals surface area contributed by atoms with Gasteiger partial charge in [0, 0.05) is 4.88 Å². The van der Waals surface area contributed by atoms with Crippen molar-refractivity contribution in [2.24, 2.45) is 5.92 Å². The van der Waals surface area contributed by atoms with Crippen molar-refractivity contribution in [2.75, 3.05) is 5.75 Å². The van der Waals surface area contributed by atoms with Gasteiger partial charge in [-0.05, 0) is 30.6 Å². The van der Waals surface area contributed by atoms with E-state index in [1.165, 1.54) is 10.4 Å². The molecule has 0 bridgehead atoms. The third-order valence-electron chi connectivity index (χ3n) is 3.37. The molecule has 2 heterocycles. The van der Waals surface area contributed by atoms with E-state index in [2.05, 4.69) is 37.7 Å². The Kier molecular flexibility index (Phi) is 4.68. The molecule has 2 rings (SSSR count). The van der Waals surface area contributed by atoms with Gasteiger partial charge in [-0.2, -0.15) is 0 Å². The standard InChI is InChI=1S/C14H20N2OS2/c1-5-8(3)7-10-9(4)19-13-11(10)12(17)15-14(16-13)18-6-2/h8H,5-7H2,1-4H3,(H,15,16,17). The van der Waals surface area contributed by atoms with Crippen LogP contribution in [0.4, 0.5) is 0 Å². The number of aromatic nitrogens is 2. The number of nitrogens with zero attached hydrogens (tertiary/aromatic N) is 1. The lowest BCUT2D eigenvalue weighted by molar-refractivity contribution is 0.561. The molecule has 0 aliphatic rings. The van der Waals surface area contributed by atoms with Crippen molar-refractivity contribution in [1.29, 1.82) is 0 Å². The molecule has 5 heteroatoms. The topological polar surface area (TPSA) is 45.8 Å². The van der Waals surface area contributed by atoms with E-state index in [9.17, 15) is 4.79 Å². The second-order valence-corrected chi connectivity index (χ2v) is 7.29. The summed E-state index contributed by atoms with van der Waals surface area (Å²) >= 11 is 3.22. The van der Waals surface area contributed by atoms with Crippen molar-refractivity contribution in [3.05, 3.63) is 20.8 Å². The van der Waals surface area contributed by atoms with Crippen LogP contribution >= 0.6 is 23.1 Å². The van der Waals surface area contributed by atoms with Crippen molar-refractivity contribution in [3.63, 3.8) is 0 Å². The van der Waals surface area contributed by atoms with Crippen LogP contribution in [-0.2, 0) is 6.42 Å². The Bertz CT molecular complexity index is 630. The van der Waals surface area contributed by atoms with Crippen LogP contribution in [0, 0.1) is 12.8 Å². The second-order valence-electron chi connectivity index (χ2n) is 4.84. The molecule has 0 radical (unpaired) electrons. The molecule has 104 valence electrons. The Morgan fingerprint density at radius 3 is 2.79 bits per heavy atom. The summed E-state index contributed by atoms with van der Waals surface area (Å²) in [6.07, 6.45) is 2.10. The lowest BCUT2D eigenvalue weighted by Crippen LogP contribution is -2.11. The predicted molar refractivity (Wildman–Crippen MR) is 84.5 cm³/mol. The normalized spacial score (nSPS) is 13.1. The van der Waals surface area contributed by atoms with E-state index in [4.69, 9.17) is 0 Å². The molecule has 3 nitrogen and oxygen atoms in total. The number of H-pyrrole nitrogens is 1. The highest BCUT2D eigenvalue weighted by atomic mass is 32.2. The minimum absolute atomic E-state index is 0.0172. The number of rotatable bonds is 5. The second kappa shape index (κ2) is 6.09. The first-order valence-corrected chi connectivity index (χ1v) is 8.52. The van der Waals surface area contributed by atoms with Gasteiger partial charge in [0.15, 0.2) is 5.16 Å². The smallest absolute Gasteiger partial charge is 0.260 e. The van der Waals surface area contributed by atoms with Crippen LogP contribution in [-0.4, -0.2) is 15.7 Å².